The van der Waals surface area contributed by atoms with Gasteiger partial charge >= 0.3 is 0 Å². The molecule has 92 valence electrons. The summed E-state index contributed by atoms with van der Waals surface area (Å²) in [5.74, 6) is 0.582. The second-order valence-electron chi connectivity index (χ2n) is 3.56. The Morgan fingerprint density at radius 3 is 2.83 bits per heavy atom. The van der Waals surface area contributed by atoms with Crippen LogP contribution in [0.5, 0.6) is 5.75 Å². The maximum Gasteiger partial charge on any atom is 0.266 e. The summed E-state index contributed by atoms with van der Waals surface area (Å²) in [5, 5.41) is 0.164. The van der Waals surface area contributed by atoms with Crippen LogP contribution in [0.3, 0.4) is 0 Å². The quantitative estimate of drug-likeness (QED) is 0.853. The molecular weight excluding hydrogens is 252 g/mol. The Hall–Kier alpha value is -2.07. The summed E-state index contributed by atoms with van der Waals surface area (Å²) < 4.78 is 6.59. The molecular formula is C13H11ClN2O2. The summed E-state index contributed by atoms with van der Waals surface area (Å²) in [6.07, 6.45) is 2.81. The molecule has 0 amide bonds. The van der Waals surface area contributed by atoms with Crippen LogP contribution in [-0.2, 0) is 0 Å². The highest BCUT2D eigenvalue weighted by Gasteiger charge is 2.10. The highest BCUT2D eigenvalue weighted by molar-refractivity contribution is 6.48. The van der Waals surface area contributed by atoms with E-state index in [0.717, 1.165) is 0 Å². The molecule has 0 atom stereocenters. The van der Waals surface area contributed by atoms with Crippen molar-refractivity contribution in [2.45, 2.75) is 0 Å². The van der Waals surface area contributed by atoms with Crippen molar-refractivity contribution in [3.05, 3.63) is 59.3 Å². The number of methoxy groups -OCH3 is 1. The van der Waals surface area contributed by atoms with E-state index in [9.17, 15) is 4.79 Å². The van der Waals surface area contributed by atoms with Crippen molar-refractivity contribution in [3.63, 3.8) is 0 Å². The maximum atomic E-state index is 12.2. The molecule has 1 heterocycles. The average Bonchev–Trinajstić information content (AvgIpc) is 2.38. The van der Waals surface area contributed by atoms with Crippen molar-refractivity contribution in [2.24, 2.45) is 0 Å². The van der Waals surface area contributed by atoms with Crippen LogP contribution in [0.1, 0.15) is 5.56 Å². The summed E-state index contributed by atoms with van der Waals surface area (Å²) in [4.78, 5) is 16.2. The van der Waals surface area contributed by atoms with Gasteiger partial charge < -0.3 is 4.74 Å². The second kappa shape index (κ2) is 5.06. The highest BCUT2D eigenvalue weighted by Crippen LogP contribution is 2.21. The number of para-hydroxylation sites is 2. The largest absolute Gasteiger partial charge is 0.495 e. The van der Waals surface area contributed by atoms with E-state index >= 15 is 0 Å². The van der Waals surface area contributed by atoms with Crippen LogP contribution in [0.4, 0.5) is 0 Å². The van der Waals surface area contributed by atoms with Crippen LogP contribution in [0.25, 0.3) is 10.7 Å². The minimum absolute atomic E-state index is 0.164. The van der Waals surface area contributed by atoms with Crippen molar-refractivity contribution in [3.8, 4) is 11.4 Å². The first-order valence-electron chi connectivity index (χ1n) is 5.20. The number of hydrogen-bond donors (Lipinski definition) is 0. The van der Waals surface area contributed by atoms with Crippen LogP contribution in [0.15, 0.2) is 48.2 Å². The fourth-order valence-corrected chi connectivity index (χ4v) is 1.73. The molecule has 1 aromatic carbocycles. The summed E-state index contributed by atoms with van der Waals surface area (Å²) in [7, 11) is 1.54. The molecule has 18 heavy (non-hydrogen) atoms. The first kappa shape index (κ1) is 12.4. The van der Waals surface area contributed by atoms with E-state index in [1.54, 1.807) is 19.2 Å². The number of rotatable bonds is 3. The van der Waals surface area contributed by atoms with Gasteiger partial charge in [0.05, 0.1) is 18.4 Å². The van der Waals surface area contributed by atoms with E-state index < -0.39 is 0 Å². The zero-order valence-electron chi connectivity index (χ0n) is 9.76. The lowest BCUT2D eigenvalue weighted by Gasteiger charge is -2.10. The number of nitrogens with zero attached hydrogens (tertiary/aromatic N) is 2. The van der Waals surface area contributed by atoms with Gasteiger partial charge in [-0.3, -0.25) is 9.36 Å². The average molecular weight is 263 g/mol. The Bertz CT molecular complexity index is 649. The Morgan fingerprint density at radius 2 is 2.17 bits per heavy atom. The maximum absolute atomic E-state index is 12.2. The fourth-order valence-electron chi connectivity index (χ4n) is 1.60. The third-order valence-corrected chi connectivity index (χ3v) is 2.68. The van der Waals surface area contributed by atoms with Gasteiger partial charge in [-0.15, -0.1) is 0 Å². The topological polar surface area (TPSA) is 44.1 Å². The number of ether oxygens (including phenoxy) is 1. The number of aromatic nitrogens is 2. The minimum atomic E-state index is -0.283. The van der Waals surface area contributed by atoms with E-state index in [4.69, 9.17) is 16.3 Å². The predicted molar refractivity (Wildman–Crippen MR) is 71.3 cm³/mol. The van der Waals surface area contributed by atoms with Gasteiger partial charge in [-0.1, -0.05) is 30.3 Å². The predicted octanol–water partition coefficient (Wildman–Crippen LogP) is 2.45. The Labute approximate surface area is 109 Å². The molecule has 0 unspecified atom stereocenters. The van der Waals surface area contributed by atoms with Crippen molar-refractivity contribution < 1.29 is 4.74 Å². The van der Waals surface area contributed by atoms with Crippen molar-refractivity contribution in [1.82, 2.24) is 9.55 Å². The molecule has 0 saturated heterocycles. The molecule has 0 aliphatic rings. The lowest BCUT2D eigenvalue weighted by atomic mass is 10.2. The third kappa shape index (κ3) is 2.15. The highest BCUT2D eigenvalue weighted by atomic mass is 35.5. The molecule has 2 aromatic rings. The van der Waals surface area contributed by atoms with Crippen molar-refractivity contribution in [1.29, 1.82) is 0 Å². The van der Waals surface area contributed by atoms with Crippen LogP contribution in [-0.4, -0.2) is 16.7 Å². The molecule has 0 radical (unpaired) electrons. The van der Waals surface area contributed by atoms with E-state index in [-0.39, 0.29) is 16.2 Å². The Morgan fingerprint density at radius 1 is 1.44 bits per heavy atom. The molecule has 0 aliphatic carbocycles. The molecule has 2 rings (SSSR count). The van der Waals surface area contributed by atoms with Gasteiger partial charge in [-0.2, -0.15) is 0 Å². The molecule has 0 saturated carbocycles. The van der Waals surface area contributed by atoms with Gasteiger partial charge in [0.1, 0.15) is 12.1 Å². The minimum Gasteiger partial charge on any atom is -0.495 e. The first-order valence-corrected chi connectivity index (χ1v) is 5.57. The van der Waals surface area contributed by atoms with Crippen molar-refractivity contribution >= 4 is 16.6 Å². The van der Waals surface area contributed by atoms with E-state index in [2.05, 4.69) is 11.6 Å². The summed E-state index contributed by atoms with van der Waals surface area (Å²) in [6.45, 7) is 3.54. The van der Waals surface area contributed by atoms with Crippen LogP contribution in [0.2, 0.25) is 0 Å². The first-order chi connectivity index (χ1) is 8.65. The van der Waals surface area contributed by atoms with Gasteiger partial charge in [-0.05, 0) is 12.1 Å². The van der Waals surface area contributed by atoms with Crippen LogP contribution < -0.4 is 10.3 Å². The van der Waals surface area contributed by atoms with Crippen molar-refractivity contribution in [2.75, 3.05) is 7.11 Å². The summed E-state index contributed by atoms with van der Waals surface area (Å²) in [6, 6.07) is 7.17. The van der Waals surface area contributed by atoms with Gasteiger partial charge in [0.15, 0.2) is 0 Å². The van der Waals surface area contributed by atoms with Gasteiger partial charge in [0.2, 0.25) is 0 Å². The smallest absolute Gasteiger partial charge is 0.266 e. The Kier molecular flexibility index (Phi) is 3.48. The summed E-state index contributed by atoms with van der Waals surface area (Å²) in [5.41, 5.74) is 0.594. The normalized spacial score (nSPS) is 10.1. The molecule has 0 fully saturated rings. The van der Waals surface area contributed by atoms with Gasteiger partial charge in [0.25, 0.3) is 5.56 Å². The van der Waals surface area contributed by atoms with Crippen LogP contribution >= 0.6 is 11.6 Å². The van der Waals surface area contributed by atoms with Gasteiger partial charge in [0, 0.05) is 11.2 Å². The summed E-state index contributed by atoms with van der Waals surface area (Å²) >= 11 is 5.76. The lowest BCUT2D eigenvalue weighted by Crippen LogP contribution is -2.21. The zero-order valence-corrected chi connectivity index (χ0v) is 10.5. The number of halogens is 1. The molecule has 0 N–H and O–H groups in total. The van der Waals surface area contributed by atoms with Gasteiger partial charge in [-0.25, -0.2) is 4.98 Å². The molecule has 0 aliphatic heterocycles. The molecule has 4 nitrogen and oxygen atoms in total. The molecule has 5 heteroatoms. The third-order valence-electron chi connectivity index (χ3n) is 2.47. The standard InChI is InChI=1S/C13H11ClN2O2/c1-9(14)10-7-15-8-16(13(10)17)11-5-3-4-6-12(11)18-2/h3-8H,1H2,2H3. The second-order valence-corrected chi connectivity index (χ2v) is 4.02. The van der Waals surface area contributed by atoms with E-state index in [1.165, 1.54) is 17.1 Å². The lowest BCUT2D eigenvalue weighted by molar-refractivity contribution is 0.412. The molecule has 1 aromatic heterocycles. The SMILES string of the molecule is C=C(Cl)c1cncn(-c2ccccc2OC)c1=O. The molecule has 0 bridgehead atoms. The zero-order chi connectivity index (χ0) is 13.1. The number of benzene rings is 1. The van der Waals surface area contributed by atoms with Crippen LogP contribution in [0, 0.1) is 0 Å². The number of hydrogen-bond acceptors (Lipinski definition) is 3. The monoisotopic (exact) mass is 262 g/mol. The molecule has 0 spiro atoms. The van der Waals surface area contributed by atoms with E-state index in [0.29, 0.717) is 11.4 Å². The fraction of sp³-hybridized carbons (Fsp3) is 0.0769. The Balaban J connectivity index is 2.69. The van der Waals surface area contributed by atoms with E-state index in [1.807, 2.05) is 12.1 Å².